The molecule has 1 saturated heterocycles. The van der Waals surface area contributed by atoms with Crippen molar-refractivity contribution in [1.29, 1.82) is 0 Å². The normalized spacial score (nSPS) is 15.5. The maximum absolute atomic E-state index is 5.71. The van der Waals surface area contributed by atoms with Gasteiger partial charge in [-0.15, -0.1) is 0 Å². The fourth-order valence-electron chi connectivity index (χ4n) is 3.05. The first-order valence-electron chi connectivity index (χ1n) is 10.3. The molecule has 3 rings (SSSR count). The van der Waals surface area contributed by atoms with Crippen molar-refractivity contribution in [3.8, 4) is 5.75 Å². The Hall–Kier alpha value is -2.51. The van der Waals surface area contributed by atoms with E-state index in [9.17, 15) is 0 Å². The molecule has 0 bridgehead atoms. The molecular weight excluding hydrogens is 368 g/mol. The molecule has 7 nitrogen and oxygen atoms in total. The van der Waals surface area contributed by atoms with Crippen molar-refractivity contribution in [2.24, 2.45) is 4.99 Å². The minimum absolute atomic E-state index is 0.161. The van der Waals surface area contributed by atoms with Crippen LogP contribution in [0.25, 0.3) is 0 Å². The topological polar surface area (TPSA) is 71.3 Å². The highest BCUT2D eigenvalue weighted by molar-refractivity contribution is 5.93. The second kappa shape index (κ2) is 11.5. The number of aliphatic imine (C=N–C) groups is 1. The number of hydrogen-bond donors (Lipinski definition) is 2. The molecule has 1 aromatic carbocycles. The van der Waals surface area contributed by atoms with Crippen LogP contribution in [0.3, 0.4) is 0 Å². The van der Waals surface area contributed by atoms with Gasteiger partial charge in [0.25, 0.3) is 0 Å². The Balaban J connectivity index is 1.55. The van der Waals surface area contributed by atoms with Gasteiger partial charge in [-0.05, 0) is 50.2 Å². The lowest BCUT2D eigenvalue weighted by molar-refractivity contribution is 0.0394. The molecule has 0 aliphatic carbocycles. The lowest BCUT2D eigenvalue weighted by atomic mass is 10.3. The van der Waals surface area contributed by atoms with Gasteiger partial charge in [-0.3, -0.25) is 9.89 Å². The third-order valence-corrected chi connectivity index (χ3v) is 4.52. The van der Waals surface area contributed by atoms with E-state index < -0.39 is 0 Å². The number of ether oxygens (including phenoxy) is 2. The predicted octanol–water partition coefficient (Wildman–Crippen LogP) is 3.00. The van der Waals surface area contributed by atoms with Crippen LogP contribution in [0.5, 0.6) is 5.75 Å². The van der Waals surface area contributed by atoms with Gasteiger partial charge in [0, 0.05) is 38.3 Å². The summed E-state index contributed by atoms with van der Waals surface area (Å²) in [6.07, 6.45) is 2.67. The quantitative estimate of drug-likeness (QED) is 0.498. The second-order valence-electron chi connectivity index (χ2n) is 7.26. The molecule has 0 spiro atoms. The molecule has 0 atom stereocenters. The van der Waals surface area contributed by atoms with E-state index in [4.69, 9.17) is 18.9 Å². The van der Waals surface area contributed by atoms with Gasteiger partial charge < -0.3 is 24.5 Å². The average molecular weight is 401 g/mol. The summed E-state index contributed by atoms with van der Waals surface area (Å²) >= 11 is 0. The van der Waals surface area contributed by atoms with E-state index >= 15 is 0 Å². The highest BCUT2D eigenvalue weighted by Gasteiger charge is 2.09. The van der Waals surface area contributed by atoms with Crippen LogP contribution in [0.2, 0.25) is 0 Å². The van der Waals surface area contributed by atoms with Crippen molar-refractivity contribution >= 4 is 11.6 Å². The SMILES string of the molecule is CC(C)Oc1ccc(NC(=NCCN2CCOCC2)NCCc2ccco2)cc1. The van der Waals surface area contributed by atoms with Crippen LogP contribution in [-0.2, 0) is 11.2 Å². The number of nitrogens with one attached hydrogen (secondary N) is 2. The van der Waals surface area contributed by atoms with Gasteiger partial charge in [0.05, 0.1) is 32.1 Å². The molecule has 0 unspecified atom stereocenters. The summed E-state index contributed by atoms with van der Waals surface area (Å²) < 4.78 is 16.5. The first kappa shape index (κ1) is 21.2. The summed E-state index contributed by atoms with van der Waals surface area (Å²) in [6.45, 7) is 10.00. The van der Waals surface area contributed by atoms with Crippen molar-refractivity contribution in [2.75, 3.05) is 51.3 Å². The first-order valence-corrected chi connectivity index (χ1v) is 10.3. The standard InChI is InChI=1S/C22H32N4O3/c1-18(2)29-21-7-5-19(6-8-21)25-22(23-10-9-20-4-3-15-28-20)24-11-12-26-13-16-27-17-14-26/h3-8,15,18H,9-14,16-17H2,1-2H3,(H2,23,24,25). The van der Waals surface area contributed by atoms with Crippen LogP contribution in [0.1, 0.15) is 19.6 Å². The van der Waals surface area contributed by atoms with E-state index in [1.165, 1.54) is 0 Å². The van der Waals surface area contributed by atoms with Crippen molar-refractivity contribution < 1.29 is 13.9 Å². The number of rotatable bonds is 9. The van der Waals surface area contributed by atoms with Crippen LogP contribution in [-0.4, -0.2) is 62.9 Å². The Labute approximate surface area is 173 Å². The van der Waals surface area contributed by atoms with E-state index in [1.54, 1.807) is 6.26 Å². The molecule has 1 aromatic heterocycles. The molecule has 0 radical (unpaired) electrons. The summed E-state index contributed by atoms with van der Waals surface area (Å²) in [5, 5.41) is 6.78. The zero-order chi connectivity index (χ0) is 20.3. The third-order valence-electron chi connectivity index (χ3n) is 4.52. The number of morpholine rings is 1. The second-order valence-corrected chi connectivity index (χ2v) is 7.26. The highest BCUT2D eigenvalue weighted by atomic mass is 16.5. The molecule has 0 amide bonds. The summed E-state index contributed by atoms with van der Waals surface area (Å²) in [5.41, 5.74) is 0.969. The van der Waals surface area contributed by atoms with E-state index in [0.29, 0.717) is 0 Å². The minimum atomic E-state index is 0.161. The number of guanidine groups is 1. The van der Waals surface area contributed by atoms with Crippen LogP contribution >= 0.6 is 0 Å². The Kier molecular flexibility index (Phi) is 8.40. The summed E-state index contributed by atoms with van der Waals surface area (Å²) in [5.74, 6) is 2.59. The van der Waals surface area contributed by atoms with Crippen LogP contribution < -0.4 is 15.4 Å². The Morgan fingerprint density at radius 3 is 2.66 bits per heavy atom. The monoisotopic (exact) mass is 400 g/mol. The molecule has 29 heavy (non-hydrogen) atoms. The van der Waals surface area contributed by atoms with Gasteiger partial charge >= 0.3 is 0 Å². The maximum atomic E-state index is 5.71. The molecule has 1 aliphatic rings. The van der Waals surface area contributed by atoms with Crippen LogP contribution in [0.4, 0.5) is 5.69 Å². The Bertz CT molecular complexity index is 723. The Morgan fingerprint density at radius 1 is 1.17 bits per heavy atom. The molecule has 0 saturated carbocycles. The average Bonchev–Trinajstić information content (AvgIpc) is 3.23. The van der Waals surface area contributed by atoms with Gasteiger partial charge in [0.15, 0.2) is 5.96 Å². The number of hydrogen-bond acceptors (Lipinski definition) is 5. The molecule has 2 aromatic rings. The van der Waals surface area contributed by atoms with Gasteiger partial charge in [-0.2, -0.15) is 0 Å². The van der Waals surface area contributed by atoms with Gasteiger partial charge in [-0.25, -0.2) is 0 Å². The molecule has 1 fully saturated rings. The largest absolute Gasteiger partial charge is 0.491 e. The fourth-order valence-corrected chi connectivity index (χ4v) is 3.05. The number of anilines is 1. The van der Waals surface area contributed by atoms with E-state index in [1.807, 2.05) is 50.2 Å². The lowest BCUT2D eigenvalue weighted by Crippen LogP contribution is -2.38. The molecule has 7 heteroatoms. The first-order chi connectivity index (χ1) is 14.2. The highest BCUT2D eigenvalue weighted by Crippen LogP contribution is 2.16. The van der Waals surface area contributed by atoms with E-state index in [-0.39, 0.29) is 6.10 Å². The van der Waals surface area contributed by atoms with E-state index in [2.05, 4.69) is 15.5 Å². The van der Waals surface area contributed by atoms with Crippen LogP contribution in [0, 0.1) is 0 Å². The van der Waals surface area contributed by atoms with Crippen molar-refractivity contribution in [3.63, 3.8) is 0 Å². The summed E-state index contributed by atoms with van der Waals surface area (Å²) in [6, 6.07) is 11.8. The van der Waals surface area contributed by atoms with Gasteiger partial charge in [0.1, 0.15) is 11.5 Å². The molecule has 2 N–H and O–H groups in total. The minimum Gasteiger partial charge on any atom is -0.491 e. The van der Waals surface area contributed by atoms with Gasteiger partial charge in [0.2, 0.25) is 0 Å². The van der Waals surface area contributed by atoms with E-state index in [0.717, 1.165) is 75.5 Å². The van der Waals surface area contributed by atoms with Crippen molar-refractivity contribution in [2.45, 2.75) is 26.4 Å². The third kappa shape index (κ3) is 7.79. The maximum Gasteiger partial charge on any atom is 0.195 e. The van der Waals surface area contributed by atoms with Gasteiger partial charge in [-0.1, -0.05) is 0 Å². The van der Waals surface area contributed by atoms with Crippen LogP contribution in [0.15, 0.2) is 52.1 Å². The molecule has 2 heterocycles. The van der Waals surface area contributed by atoms with Crippen molar-refractivity contribution in [3.05, 3.63) is 48.4 Å². The number of nitrogens with zero attached hydrogens (tertiary/aromatic N) is 2. The zero-order valence-electron chi connectivity index (χ0n) is 17.4. The Morgan fingerprint density at radius 2 is 1.97 bits per heavy atom. The van der Waals surface area contributed by atoms with Crippen molar-refractivity contribution in [1.82, 2.24) is 10.2 Å². The summed E-state index contributed by atoms with van der Waals surface area (Å²) in [4.78, 5) is 7.13. The predicted molar refractivity (Wildman–Crippen MR) is 116 cm³/mol. The molecule has 1 aliphatic heterocycles. The lowest BCUT2D eigenvalue weighted by Gasteiger charge is -2.25. The zero-order valence-corrected chi connectivity index (χ0v) is 17.4. The summed E-state index contributed by atoms with van der Waals surface area (Å²) in [7, 11) is 0. The number of furan rings is 1. The number of benzene rings is 1. The molecular formula is C22H32N4O3. The smallest absolute Gasteiger partial charge is 0.195 e. The fraction of sp³-hybridized carbons (Fsp3) is 0.500. The molecule has 158 valence electrons.